The summed E-state index contributed by atoms with van der Waals surface area (Å²) in [7, 11) is 0.329. The number of phenols is 1. The molecule has 0 radical (unpaired) electrons. The summed E-state index contributed by atoms with van der Waals surface area (Å²) >= 11 is 0. The smallest absolute Gasteiger partial charge is 0.127 e. The van der Waals surface area contributed by atoms with Crippen LogP contribution < -0.4 is 10.6 Å². The molecule has 3 heteroatoms. The number of hydrogen-bond acceptors (Lipinski definition) is 2. The summed E-state index contributed by atoms with van der Waals surface area (Å²) in [6, 6.07) is 12.0. The zero-order valence-corrected chi connectivity index (χ0v) is 14.9. The van der Waals surface area contributed by atoms with Gasteiger partial charge < -0.3 is 10.2 Å². The summed E-state index contributed by atoms with van der Waals surface area (Å²) in [5.74, 6) is 0.386. The van der Waals surface area contributed by atoms with Gasteiger partial charge in [0.25, 0.3) is 0 Å². The fourth-order valence-corrected chi connectivity index (χ4v) is 4.03. The van der Waals surface area contributed by atoms with Crippen LogP contribution in [-0.2, 0) is 5.41 Å². The minimum absolute atomic E-state index is 0.0981. The van der Waals surface area contributed by atoms with Crippen molar-refractivity contribution in [2.24, 2.45) is 0 Å². The summed E-state index contributed by atoms with van der Waals surface area (Å²) in [5, 5.41) is 22.6. The van der Waals surface area contributed by atoms with Crippen molar-refractivity contribution in [3.8, 4) is 5.75 Å². The first kappa shape index (κ1) is 17.0. The van der Waals surface area contributed by atoms with E-state index in [0.717, 1.165) is 27.3 Å². The van der Waals surface area contributed by atoms with Gasteiger partial charge in [-0.15, -0.1) is 0 Å². The molecule has 0 aromatic heterocycles. The molecule has 0 amide bonds. The van der Waals surface area contributed by atoms with Crippen molar-refractivity contribution in [3.63, 3.8) is 0 Å². The third-order valence-electron chi connectivity index (χ3n) is 3.74. The summed E-state index contributed by atoms with van der Waals surface area (Å²) in [6.45, 7) is 10.2. The van der Waals surface area contributed by atoms with Gasteiger partial charge in [0.2, 0.25) is 0 Å². The van der Waals surface area contributed by atoms with Gasteiger partial charge in [-0.05, 0) is 41.8 Å². The largest absolute Gasteiger partial charge is 0.507 e. The van der Waals surface area contributed by atoms with Crippen LogP contribution in [0.1, 0.15) is 50.5 Å². The number of aliphatic hydroxyl groups excluding tert-OH is 1. The number of aromatic hydroxyl groups is 1. The second-order valence-corrected chi connectivity index (χ2v) is 8.17. The van der Waals surface area contributed by atoms with Gasteiger partial charge in [0.1, 0.15) is 5.75 Å². The van der Waals surface area contributed by atoms with Gasteiger partial charge in [0.15, 0.2) is 0 Å². The number of phenolic OH excluding ortho intramolecular Hbond substituents is 1. The fraction of sp³-hybridized carbons (Fsp3) is 0.368. The summed E-state index contributed by atoms with van der Waals surface area (Å²) < 4.78 is 0. The molecule has 0 aliphatic carbocycles. The monoisotopic (exact) mass is 316 g/mol. The van der Waals surface area contributed by atoms with Crippen LogP contribution in [0, 0.1) is 6.92 Å². The van der Waals surface area contributed by atoms with E-state index in [2.05, 4.69) is 33.8 Å². The van der Waals surface area contributed by atoms with Crippen molar-refractivity contribution in [1.29, 1.82) is 0 Å². The fourth-order valence-electron chi connectivity index (χ4n) is 2.57. The highest BCUT2D eigenvalue weighted by atomic mass is 31.1. The first-order valence-corrected chi connectivity index (χ1v) is 8.58. The maximum absolute atomic E-state index is 10.7. The lowest BCUT2D eigenvalue weighted by molar-refractivity contribution is 0.200. The quantitative estimate of drug-likeness (QED) is 0.848. The molecule has 2 N–H and O–H groups in total. The van der Waals surface area contributed by atoms with E-state index in [1.807, 2.05) is 30.3 Å². The lowest BCUT2D eigenvalue weighted by atomic mass is 9.85. The lowest BCUT2D eigenvalue weighted by Gasteiger charge is -2.23. The molecule has 22 heavy (non-hydrogen) atoms. The Morgan fingerprint density at radius 3 is 2.27 bits per heavy atom. The molecule has 2 aromatic rings. The van der Waals surface area contributed by atoms with Gasteiger partial charge in [-0.25, -0.2) is 0 Å². The number of aryl methyl sites for hydroxylation is 1. The Hall–Kier alpha value is -1.37. The van der Waals surface area contributed by atoms with Crippen LogP contribution in [0.15, 0.2) is 36.4 Å². The average Bonchev–Trinajstić information content (AvgIpc) is 2.41. The highest BCUT2D eigenvalue weighted by molar-refractivity contribution is 7.55. The third-order valence-corrected chi connectivity index (χ3v) is 5.12. The number of benzene rings is 2. The van der Waals surface area contributed by atoms with Crippen LogP contribution >= 0.6 is 8.58 Å². The van der Waals surface area contributed by atoms with Crippen molar-refractivity contribution in [1.82, 2.24) is 0 Å². The number of hydrogen-bond donors (Lipinski definition) is 2. The van der Waals surface area contributed by atoms with Gasteiger partial charge >= 0.3 is 0 Å². The normalized spacial score (nSPS) is 13.7. The molecule has 2 atom stereocenters. The van der Waals surface area contributed by atoms with Crippen molar-refractivity contribution in [2.45, 2.75) is 46.1 Å². The molecule has 0 bridgehead atoms. The summed E-state index contributed by atoms with van der Waals surface area (Å²) in [6.07, 6.45) is -0.502. The summed E-state index contributed by atoms with van der Waals surface area (Å²) in [5.41, 5.74) is 2.96. The Labute approximate surface area is 135 Å². The first-order valence-electron chi connectivity index (χ1n) is 7.58. The third kappa shape index (κ3) is 3.69. The van der Waals surface area contributed by atoms with Crippen molar-refractivity contribution in [3.05, 3.63) is 53.1 Å². The highest BCUT2D eigenvalue weighted by Gasteiger charge is 2.21. The molecular weight excluding hydrogens is 291 g/mol. The molecule has 0 fully saturated rings. The molecular formula is C19H25O2P. The van der Waals surface area contributed by atoms with E-state index in [9.17, 15) is 10.2 Å². The Balaban J connectivity index is 2.49. The minimum atomic E-state index is -0.502. The minimum Gasteiger partial charge on any atom is -0.507 e. The predicted octanol–water partition coefficient (Wildman–Crippen LogP) is 3.68. The average molecular weight is 316 g/mol. The molecule has 0 saturated heterocycles. The predicted molar refractivity (Wildman–Crippen MR) is 96.2 cm³/mol. The Kier molecular flexibility index (Phi) is 4.94. The van der Waals surface area contributed by atoms with Crippen LogP contribution in [-0.4, -0.2) is 10.2 Å². The van der Waals surface area contributed by atoms with Crippen LogP contribution in [0.5, 0.6) is 5.75 Å². The number of rotatable bonds is 3. The first-order chi connectivity index (χ1) is 10.2. The molecule has 0 spiro atoms. The molecule has 0 heterocycles. The van der Waals surface area contributed by atoms with Crippen molar-refractivity contribution >= 4 is 19.2 Å². The van der Waals surface area contributed by atoms with Gasteiger partial charge in [-0.3, -0.25) is 0 Å². The van der Waals surface area contributed by atoms with E-state index < -0.39 is 6.10 Å². The SMILES string of the molecule is Cc1cc(Pc2ccccc2C(C)O)c(O)c(C(C)(C)C)c1. The van der Waals surface area contributed by atoms with Crippen LogP contribution in [0.25, 0.3) is 0 Å². The Morgan fingerprint density at radius 2 is 1.68 bits per heavy atom. The second-order valence-electron chi connectivity index (χ2n) is 6.85. The van der Waals surface area contributed by atoms with Gasteiger partial charge in [-0.1, -0.05) is 59.7 Å². The Morgan fingerprint density at radius 1 is 1.05 bits per heavy atom. The second kappa shape index (κ2) is 6.40. The lowest BCUT2D eigenvalue weighted by Crippen LogP contribution is -2.17. The Bertz CT molecular complexity index is 670. The molecule has 0 aliphatic heterocycles. The van der Waals surface area contributed by atoms with E-state index in [0.29, 0.717) is 14.3 Å². The molecule has 0 saturated carbocycles. The van der Waals surface area contributed by atoms with Crippen LogP contribution in [0.2, 0.25) is 0 Å². The zero-order valence-electron chi connectivity index (χ0n) is 13.9. The molecule has 0 aliphatic rings. The standard InChI is InChI=1S/C19H25O2P/c1-12-10-15(19(3,4)5)18(21)17(11-12)22-16-9-7-6-8-14(16)13(2)20/h6-11,13,20-22H,1-5H3. The van der Waals surface area contributed by atoms with Crippen molar-refractivity contribution < 1.29 is 10.2 Å². The van der Waals surface area contributed by atoms with E-state index >= 15 is 0 Å². The van der Waals surface area contributed by atoms with Gasteiger partial charge in [0.05, 0.1) is 6.10 Å². The molecule has 2 rings (SSSR count). The van der Waals surface area contributed by atoms with E-state index in [1.54, 1.807) is 6.92 Å². The van der Waals surface area contributed by atoms with E-state index in [-0.39, 0.29) is 5.41 Å². The van der Waals surface area contributed by atoms with E-state index in [4.69, 9.17) is 0 Å². The van der Waals surface area contributed by atoms with Gasteiger partial charge in [0, 0.05) is 10.9 Å². The molecule has 118 valence electrons. The molecule has 2 unspecified atom stereocenters. The summed E-state index contributed by atoms with van der Waals surface area (Å²) in [4.78, 5) is 0. The molecule has 2 aromatic carbocycles. The van der Waals surface area contributed by atoms with Crippen LogP contribution in [0.3, 0.4) is 0 Å². The van der Waals surface area contributed by atoms with Gasteiger partial charge in [-0.2, -0.15) is 0 Å². The molecule has 2 nitrogen and oxygen atoms in total. The van der Waals surface area contributed by atoms with Crippen LogP contribution in [0.4, 0.5) is 0 Å². The topological polar surface area (TPSA) is 40.5 Å². The zero-order chi connectivity index (χ0) is 16.5. The number of aliphatic hydroxyl groups is 1. The maximum Gasteiger partial charge on any atom is 0.127 e. The van der Waals surface area contributed by atoms with Crippen molar-refractivity contribution in [2.75, 3.05) is 0 Å². The maximum atomic E-state index is 10.7. The highest BCUT2D eigenvalue weighted by Crippen LogP contribution is 2.33. The van der Waals surface area contributed by atoms with E-state index in [1.165, 1.54) is 0 Å².